The number of rotatable bonds is 9. The van der Waals surface area contributed by atoms with Crippen LogP contribution in [0.2, 0.25) is 0 Å². The van der Waals surface area contributed by atoms with Crippen LogP contribution in [0.3, 0.4) is 0 Å². The van der Waals surface area contributed by atoms with Crippen molar-refractivity contribution < 1.29 is 14.3 Å². The van der Waals surface area contributed by atoms with Gasteiger partial charge in [-0.05, 0) is 74.0 Å². The molecule has 3 nitrogen and oxygen atoms in total. The highest BCUT2D eigenvalue weighted by Gasteiger charge is 2.36. The SMILES string of the molecule is C1=CC2CC1CC2CCCCCCC1CO1.CC(=O)OCC1CC2C=CC1C2. The van der Waals surface area contributed by atoms with Crippen molar-refractivity contribution in [3.05, 3.63) is 24.3 Å². The molecule has 0 radical (unpaired) electrons. The van der Waals surface area contributed by atoms with E-state index in [0.29, 0.717) is 24.5 Å². The van der Waals surface area contributed by atoms with Gasteiger partial charge >= 0.3 is 5.97 Å². The van der Waals surface area contributed by atoms with Gasteiger partial charge in [0.25, 0.3) is 0 Å². The third kappa shape index (κ3) is 5.72. The van der Waals surface area contributed by atoms with Gasteiger partial charge in [0, 0.05) is 6.92 Å². The van der Waals surface area contributed by atoms with E-state index in [-0.39, 0.29) is 5.97 Å². The Morgan fingerprint density at radius 1 is 0.857 bits per heavy atom. The summed E-state index contributed by atoms with van der Waals surface area (Å²) in [5.74, 6) is 4.88. The van der Waals surface area contributed by atoms with E-state index < -0.39 is 0 Å². The summed E-state index contributed by atoms with van der Waals surface area (Å²) in [7, 11) is 0. The number of allylic oxidation sites excluding steroid dienone is 4. The van der Waals surface area contributed by atoms with E-state index in [1.807, 2.05) is 0 Å². The summed E-state index contributed by atoms with van der Waals surface area (Å²) < 4.78 is 10.2. The molecule has 0 aromatic carbocycles. The van der Waals surface area contributed by atoms with Crippen molar-refractivity contribution in [3.8, 4) is 0 Å². The zero-order valence-electron chi connectivity index (χ0n) is 17.6. The molecule has 0 N–H and O–H groups in total. The summed E-state index contributed by atoms with van der Waals surface area (Å²) in [6.45, 7) is 3.14. The van der Waals surface area contributed by atoms with Gasteiger partial charge in [-0.15, -0.1) is 0 Å². The molecular weight excluding hydrogens is 348 g/mol. The fourth-order valence-corrected chi connectivity index (χ4v) is 5.90. The van der Waals surface area contributed by atoms with Crippen molar-refractivity contribution in [1.82, 2.24) is 0 Å². The summed E-state index contributed by atoms with van der Waals surface area (Å²) in [6, 6.07) is 0. The van der Waals surface area contributed by atoms with E-state index in [1.165, 1.54) is 71.1 Å². The standard InChI is InChI=1S/C15H24O.C10H14O2/c1(2-4-6-15-11-16-15)3-5-13-9-12-7-8-14(13)10-12;1-7(11)12-6-10-5-8-2-3-9(10)4-8/h7-8,12-15H,1-6,9-11H2;2-3,8-10H,4-6H2,1H3. The second-order valence-electron chi connectivity index (χ2n) is 9.83. The zero-order chi connectivity index (χ0) is 19.3. The normalized spacial score (nSPS) is 38.5. The van der Waals surface area contributed by atoms with Gasteiger partial charge in [-0.2, -0.15) is 0 Å². The maximum atomic E-state index is 10.6. The van der Waals surface area contributed by atoms with Crippen LogP contribution in [-0.2, 0) is 14.3 Å². The van der Waals surface area contributed by atoms with E-state index in [9.17, 15) is 4.79 Å². The molecule has 3 fully saturated rings. The van der Waals surface area contributed by atoms with Crippen molar-refractivity contribution in [2.45, 2.75) is 77.2 Å². The van der Waals surface area contributed by atoms with Gasteiger partial charge < -0.3 is 9.47 Å². The average Bonchev–Trinajstić information content (AvgIpc) is 3.09. The van der Waals surface area contributed by atoms with Crippen LogP contribution in [0.5, 0.6) is 0 Å². The number of unbranched alkanes of at least 4 members (excludes halogenated alkanes) is 3. The summed E-state index contributed by atoms with van der Waals surface area (Å²) in [6.07, 6.45) is 24.2. The van der Waals surface area contributed by atoms with E-state index in [0.717, 1.165) is 30.3 Å². The van der Waals surface area contributed by atoms with Crippen molar-refractivity contribution >= 4 is 5.97 Å². The Balaban J connectivity index is 0.000000143. The number of carbonyl (C=O) groups excluding carboxylic acids is 1. The van der Waals surface area contributed by atoms with E-state index in [2.05, 4.69) is 24.3 Å². The Labute approximate surface area is 170 Å². The van der Waals surface area contributed by atoms with Crippen LogP contribution in [-0.4, -0.2) is 25.3 Å². The van der Waals surface area contributed by atoms with Crippen molar-refractivity contribution in [3.63, 3.8) is 0 Å². The van der Waals surface area contributed by atoms with Gasteiger partial charge in [-0.25, -0.2) is 0 Å². The molecule has 0 aromatic heterocycles. The number of hydrogen-bond donors (Lipinski definition) is 0. The minimum absolute atomic E-state index is 0.151. The molecule has 5 rings (SSSR count). The molecule has 7 atom stereocenters. The molecule has 7 unspecified atom stereocenters. The lowest BCUT2D eigenvalue weighted by Gasteiger charge is -2.17. The molecule has 0 amide bonds. The Morgan fingerprint density at radius 3 is 1.96 bits per heavy atom. The Bertz CT molecular complexity index is 576. The topological polar surface area (TPSA) is 38.8 Å². The Hall–Kier alpha value is -1.09. The molecule has 1 aliphatic heterocycles. The number of epoxide rings is 1. The number of hydrogen-bond acceptors (Lipinski definition) is 3. The molecule has 3 heteroatoms. The highest BCUT2D eigenvalue weighted by molar-refractivity contribution is 5.65. The van der Waals surface area contributed by atoms with Crippen LogP contribution in [0.4, 0.5) is 0 Å². The molecule has 2 saturated carbocycles. The van der Waals surface area contributed by atoms with Gasteiger partial charge in [0.05, 0.1) is 19.3 Å². The second-order valence-corrected chi connectivity index (χ2v) is 9.83. The largest absolute Gasteiger partial charge is 0.466 e. The molecule has 4 bridgehead atoms. The summed E-state index contributed by atoms with van der Waals surface area (Å²) in [5.41, 5.74) is 0. The Kier molecular flexibility index (Phi) is 6.93. The predicted molar refractivity (Wildman–Crippen MR) is 112 cm³/mol. The van der Waals surface area contributed by atoms with E-state index >= 15 is 0 Å². The Morgan fingerprint density at radius 2 is 1.46 bits per heavy atom. The fourth-order valence-electron chi connectivity index (χ4n) is 5.90. The number of fused-ring (bicyclic) bond motifs is 4. The smallest absolute Gasteiger partial charge is 0.302 e. The first-order chi connectivity index (χ1) is 13.7. The van der Waals surface area contributed by atoms with Crippen molar-refractivity contribution in [2.24, 2.45) is 35.5 Å². The molecule has 0 spiro atoms. The predicted octanol–water partition coefficient (Wildman–Crippen LogP) is 5.70. The lowest BCUT2D eigenvalue weighted by Crippen LogP contribution is -2.16. The first-order valence-electron chi connectivity index (χ1n) is 11.8. The maximum absolute atomic E-state index is 10.6. The van der Waals surface area contributed by atoms with E-state index in [1.54, 1.807) is 0 Å². The van der Waals surface area contributed by atoms with E-state index in [4.69, 9.17) is 9.47 Å². The van der Waals surface area contributed by atoms with Crippen LogP contribution in [0.1, 0.15) is 71.1 Å². The summed E-state index contributed by atoms with van der Waals surface area (Å²) in [4.78, 5) is 10.6. The lowest BCUT2D eigenvalue weighted by molar-refractivity contribution is -0.142. The quantitative estimate of drug-likeness (QED) is 0.221. The van der Waals surface area contributed by atoms with Crippen molar-refractivity contribution in [2.75, 3.05) is 13.2 Å². The van der Waals surface area contributed by atoms with Gasteiger partial charge in [0.15, 0.2) is 0 Å². The fraction of sp³-hybridized carbons (Fsp3) is 0.800. The monoisotopic (exact) mass is 386 g/mol. The molecule has 1 saturated heterocycles. The lowest BCUT2D eigenvalue weighted by atomic mass is 9.88. The molecule has 1 heterocycles. The van der Waals surface area contributed by atoms with Gasteiger partial charge in [0.1, 0.15) is 0 Å². The minimum atomic E-state index is -0.151. The first kappa shape index (κ1) is 20.2. The number of esters is 1. The molecule has 156 valence electrons. The van der Waals surface area contributed by atoms with Gasteiger partial charge in [-0.1, -0.05) is 50.0 Å². The van der Waals surface area contributed by atoms with Crippen molar-refractivity contribution in [1.29, 1.82) is 0 Å². The molecule has 5 aliphatic rings. The second kappa shape index (κ2) is 9.61. The summed E-state index contributed by atoms with van der Waals surface area (Å²) in [5, 5.41) is 0. The minimum Gasteiger partial charge on any atom is -0.466 e. The number of carbonyl (C=O) groups is 1. The molecular formula is C25H38O3. The number of ether oxygens (including phenoxy) is 2. The molecule has 28 heavy (non-hydrogen) atoms. The summed E-state index contributed by atoms with van der Waals surface area (Å²) >= 11 is 0. The zero-order valence-corrected chi connectivity index (χ0v) is 17.6. The van der Waals surface area contributed by atoms with Crippen LogP contribution < -0.4 is 0 Å². The van der Waals surface area contributed by atoms with Crippen LogP contribution in [0, 0.1) is 35.5 Å². The van der Waals surface area contributed by atoms with Crippen LogP contribution >= 0.6 is 0 Å². The highest BCUT2D eigenvalue weighted by atomic mass is 16.6. The maximum Gasteiger partial charge on any atom is 0.302 e. The highest BCUT2D eigenvalue weighted by Crippen LogP contribution is 2.45. The van der Waals surface area contributed by atoms with Gasteiger partial charge in [0.2, 0.25) is 0 Å². The first-order valence-corrected chi connectivity index (χ1v) is 11.8. The molecule has 4 aliphatic carbocycles. The molecule has 0 aromatic rings. The average molecular weight is 387 g/mol. The van der Waals surface area contributed by atoms with Crippen LogP contribution in [0.25, 0.3) is 0 Å². The third-order valence-corrected chi connectivity index (χ3v) is 7.59. The van der Waals surface area contributed by atoms with Crippen LogP contribution in [0.15, 0.2) is 24.3 Å². The van der Waals surface area contributed by atoms with Gasteiger partial charge in [-0.3, -0.25) is 4.79 Å². The third-order valence-electron chi connectivity index (χ3n) is 7.59.